The third kappa shape index (κ3) is 1.67. The van der Waals surface area contributed by atoms with Crippen molar-refractivity contribution in [2.45, 2.75) is 26.7 Å². The lowest BCUT2D eigenvalue weighted by atomic mass is 9.98. The zero-order chi connectivity index (χ0) is 11.0. The molecule has 0 amide bonds. The van der Waals surface area contributed by atoms with Gasteiger partial charge in [0.05, 0.1) is 5.69 Å². The number of hydrogen-bond acceptors (Lipinski definition) is 2. The number of nitrogen functional groups attached to an aromatic ring is 1. The van der Waals surface area contributed by atoms with Crippen molar-refractivity contribution < 1.29 is 0 Å². The van der Waals surface area contributed by atoms with Gasteiger partial charge in [-0.2, -0.15) is 0 Å². The van der Waals surface area contributed by atoms with E-state index in [2.05, 4.69) is 44.0 Å². The van der Waals surface area contributed by atoms with E-state index in [1.165, 1.54) is 16.3 Å². The fourth-order valence-electron chi connectivity index (χ4n) is 1.96. The van der Waals surface area contributed by atoms with Crippen molar-refractivity contribution in [3.8, 4) is 0 Å². The van der Waals surface area contributed by atoms with Crippen molar-refractivity contribution in [1.82, 2.24) is 4.98 Å². The number of nitrogens with two attached hydrogens (primary N) is 1. The average molecular weight is 200 g/mol. The van der Waals surface area contributed by atoms with Gasteiger partial charge in [0.2, 0.25) is 0 Å². The van der Waals surface area contributed by atoms with E-state index < -0.39 is 0 Å². The Kier molecular flexibility index (Phi) is 2.35. The predicted octanol–water partition coefficient (Wildman–Crippen LogP) is 3.25. The fraction of sp³-hybridized carbons (Fsp3) is 0.308. The van der Waals surface area contributed by atoms with Gasteiger partial charge in [-0.1, -0.05) is 32.0 Å². The molecule has 0 radical (unpaired) electrons. The van der Waals surface area contributed by atoms with E-state index in [0.717, 1.165) is 5.69 Å². The van der Waals surface area contributed by atoms with E-state index in [9.17, 15) is 0 Å². The quantitative estimate of drug-likeness (QED) is 0.767. The molecule has 2 nitrogen and oxygen atoms in total. The van der Waals surface area contributed by atoms with E-state index in [1.54, 1.807) is 0 Å². The highest BCUT2D eigenvalue weighted by molar-refractivity contribution is 5.89. The Bertz CT molecular complexity index is 501. The van der Waals surface area contributed by atoms with Crippen LogP contribution in [-0.2, 0) is 0 Å². The molecule has 1 heterocycles. The van der Waals surface area contributed by atoms with Gasteiger partial charge >= 0.3 is 0 Å². The Morgan fingerprint density at radius 2 is 2.00 bits per heavy atom. The zero-order valence-electron chi connectivity index (χ0n) is 9.41. The lowest BCUT2D eigenvalue weighted by Gasteiger charge is -2.12. The van der Waals surface area contributed by atoms with Crippen molar-refractivity contribution in [2.75, 3.05) is 5.73 Å². The monoisotopic (exact) mass is 200 g/mol. The van der Waals surface area contributed by atoms with Crippen LogP contribution in [0.2, 0.25) is 0 Å². The Balaban J connectivity index is 2.88. The summed E-state index contributed by atoms with van der Waals surface area (Å²) in [5, 5.41) is 2.44. The second kappa shape index (κ2) is 3.54. The van der Waals surface area contributed by atoms with Crippen LogP contribution >= 0.6 is 0 Å². The molecule has 2 heteroatoms. The van der Waals surface area contributed by atoms with Crippen LogP contribution in [0, 0.1) is 6.92 Å². The van der Waals surface area contributed by atoms with Gasteiger partial charge < -0.3 is 5.73 Å². The van der Waals surface area contributed by atoms with Crippen molar-refractivity contribution in [3.63, 3.8) is 0 Å². The smallest absolute Gasteiger partial charge is 0.124 e. The highest BCUT2D eigenvalue weighted by Crippen LogP contribution is 2.27. The lowest BCUT2D eigenvalue weighted by Crippen LogP contribution is -2.00. The molecule has 1 aromatic heterocycles. The van der Waals surface area contributed by atoms with E-state index in [0.29, 0.717) is 11.7 Å². The van der Waals surface area contributed by atoms with Gasteiger partial charge in [0, 0.05) is 5.39 Å². The number of nitrogens with zero attached hydrogens (tertiary/aromatic N) is 1. The Morgan fingerprint density at radius 3 is 2.67 bits per heavy atom. The van der Waals surface area contributed by atoms with E-state index in [-0.39, 0.29) is 0 Å². The molecule has 0 saturated heterocycles. The van der Waals surface area contributed by atoms with Crippen molar-refractivity contribution in [3.05, 3.63) is 35.5 Å². The summed E-state index contributed by atoms with van der Waals surface area (Å²) < 4.78 is 0. The summed E-state index contributed by atoms with van der Waals surface area (Å²) in [7, 11) is 0. The normalized spacial score (nSPS) is 11.2. The molecule has 15 heavy (non-hydrogen) atoms. The number of fused-ring (bicyclic) bond motifs is 1. The first-order chi connectivity index (χ1) is 7.09. The summed E-state index contributed by atoms with van der Waals surface area (Å²) in [6, 6.07) is 8.20. The third-order valence-corrected chi connectivity index (χ3v) is 2.66. The average Bonchev–Trinajstić information content (AvgIpc) is 2.16. The van der Waals surface area contributed by atoms with E-state index in [1.807, 2.05) is 6.07 Å². The van der Waals surface area contributed by atoms with Gasteiger partial charge in [-0.15, -0.1) is 0 Å². The molecular weight excluding hydrogens is 184 g/mol. The van der Waals surface area contributed by atoms with Crippen LogP contribution in [0.4, 0.5) is 5.82 Å². The van der Waals surface area contributed by atoms with Gasteiger partial charge in [-0.25, -0.2) is 4.98 Å². The Labute approximate surface area is 90.1 Å². The third-order valence-electron chi connectivity index (χ3n) is 2.66. The Morgan fingerprint density at radius 1 is 1.27 bits per heavy atom. The van der Waals surface area contributed by atoms with Crippen LogP contribution in [0.25, 0.3) is 10.8 Å². The summed E-state index contributed by atoms with van der Waals surface area (Å²) in [5.41, 5.74) is 8.17. The van der Waals surface area contributed by atoms with Crippen LogP contribution in [0.3, 0.4) is 0 Å². The molecule has 2 rings (SSSR count). The largest absolute Gasteiger partial charge is 0.384 e. The molecule has 0 aliphatic heterocycles. The maximum Gasteiger partial charge on any atom is 0.124 e. The molecule has 78 valence electrons. The second-order valence-corrected chi connectivity index (χ2v) is 4.26. The maximum atomic E-state index is 5.80. The number of aryl methyl sites for hydroxylation is 1. The molecule has 0 fully saturated rings. The van der Waals surface area contributed by atoms with Crippen LogP contribution in [0.15, 0.2) is 24.3 Å². The first-order valence-electron chi connectivity index (χ1n) is 5.25. The molecule has 0 bridgehead atoms. The molecular formula is C13H16N2. The number of aromatic nitrogens is 1. The highest BCUT2D eigenvalue weighted by Gasteiger charge is 2.09. The Hall–Kier alpha value is -1.57. The highest BCUT2D eigenvalue weighted by atomic mass is 14.8. The summed E-state index contributed by atoms with van der Waals surface area (Å²) in [5.74, 6) is 1.01. The first kappa shape index (κ1) is 9.97. The summed E-state index contributed by atoms with van der Waals surface area (Å²) in [4.78, 5) is 4.44. The second-order valence-electron chi connectivity index (χ2n) is 4.26. The molecule has 0 aliphatic rings. The van der Waals surface area contributed by atoms with Crippen LogP contribution in [0.1, 0.15) is 31.0 Å². The van der Waals surface area contributed by atoms with Crippen molar-refractivity contribution in [2.24, 2.45) is 0 Å². The van der Waals surface area contributed by atoms with Crippen LogP contribution in [-0.4, -0.2) is 4.98 Å². The van der Waals surface area contributed by atoms with Crippen molar-refractivity contribution in [1.29, 1.82) is 0 Å². The van der Waals surface area contributed by atoms with E-state index in [4.69, 9.17) is 5.73 Å². The molecule has 0 saturated carbocycles. The van der Waals surface area contributed by atoms with E-state index >= 15 is 0 Å². The zero-order valence-corrected chi connectivity index (χ0v) is 9.41. The number of pyridine rings is 1. The van der Waals surface area contributed by atoms with Gasteiger partial charge in [0.15, 0.2) is 0 Å². The maximum absolute atomic E-state index is 5.80. The standard InChI is InChI=1S/C13H16N2/c1-8(2)13-12-9(3)5-4-6-10(12)7-11(14)15-13/h4-8H,1-3H3,(H2,14,15). The lowest BCUT2D eigenvalue weighted by molar-refractivity contribution is 0.836. The molecule has 1 aromatic carbocycles. The van der Waals surface area contributed by atoms with Gasteiger partial charge in [-0.05, 0) is 29.9 Å². The number of anilines is 1. The first-order valence-corrected chi connectivity index (χ1v) is 5.25. The van der Waals surface area contributed by atoms with Gasteiger partial charge in [0.1, 0.15) is 5.82 Å². The fourth-order valence-corrected chi connectivity index (χ4v) is 1.96. The minimum absolute atomic E-state index is 0.400. The van der Waals surface area contributed by atoms with Gasteiger partial charge in [-0.3, -0.25) is 0 Å². The number of hydrogen-bond donors (Lipinski definition) is 1. The summed E-state index contributed by atoms with van der Waals surface area (Å²) in [6.45, 7) is 6.41. The predicted molar refractivity (Wildman–Crippen MR) is 65.0 cm³/mol. The number of benzene rings is 1. The van der Waals surface area contributed by atoms with Crippen LogP contribution < -0.4 is 5.73 Å². The topological polar surface area (TPSA) is 38.9 Å². The molecule has 0 unspecified atom stereocenters. The molecule has 2 aromatic rings. The molecule has 0 atom stereocenters. The molecule has 0 aliphatic carbocycles. The minimum Gasteiger partial charge on any atom is -0.384 e. The van der Waals surface area contributed by atoms with Crippen molar-refractivity contribution >= 4 is 16.6 Å². The molecule has 2 N–H and O–H groups in total. The molecule has 0 spiro atoms. The number of rotatable bonds is 1. The van der Waals surface area contributed by atoms with Crippen LogP contribution in [0.5, 0.6) is 0 Å². The van der Waals surface area contributed by atoms with Gasteiger partial charge in [0.25, 0.3) is 0 Å². The summed E-state index contributed by atoms with van der Waals surface area (Å²) >= 11 is 0. The minimum atomic E-state index is 0.400. The SMILES string of the molecule is Cc1cccc2cc(N)nc(C(C)C)c12. The summed E-state index contributed by atoms with van der Waals surface area (Å²) in [6.07, 6.45) is 0.